The van der Waals surface area contributed by atoms with Crippen molar-refractivity contribution in [3.63, 3.8) is 0 Å². The zero-order chi connectivity index (χ0) is 14.0. The van der Waals surface area contributed by atoms with Gasteiger partial charge in [0.15, 0.2) is 0 Å². The van der Waals surface area contributed by atoms with Crippen molar-refractivity contribution in [2.24, 2.45) is 0 Å². The number of nitrogens with zero attached hydrogens (tertiary/aromatic N) is 1. The summed E-state index contributed by atoms with van der Waals surface area (Å²) < 4.78 is 0. The SMILES string of the molecule is Cc1csc(C(C)NC(=O)c2cc(N)ccc2Cl)n1. The number of thiazole rings is 1. The molecule has 100 valence electrons. The third-order valence-corrected chi connectivity index (χ3v) is 4.06. The highest BCUT2D eigenvalue weighted by Gasteiger charge is 2.16. The normalized spacial score (nSPS) is 12.2. The number of benzene rings is 1. The molecule has 1 amide bonds. The number of hydrogen-bond acceptors (Lipinski definition) is 4. The van der Waals surface area contributed by atoms with E-state index in [1.165, 1.54) is 11.3 Å². The Labute approximate surface area is 120 Å². The summed E-state index contributed by atoms with van der Waals surface area (Å²) in [5.41, 5.74) is 7.49. The van der Waals surface area contributed by atoms with Gasteiger partial charge in [0.25, 0.3) is 5.91 Å². The van der Waals surface area contributed by atoms with Crippen LogP contribution in [0, 0.1) is 6.92 Å². The second kappa shape index (κ2) is 5.59. The Balaban J connectivity index is 2.15. The molecule has 0 aliphatic carbocycles. The monoisotopic (exact) mass is 295 g/mol. The van der Waals surface area contributed by atoms with Gasteiger partial charge in [-0.3, -0.25) is 4.79 Å². The Bertz CT molecular complexity index is 612. The molecule has 0 saturated heterocycles. The van der Waals surface area contributed by atoms with E-state index in [0.717, 1.165) is 10.7 Å². The molecule has 1 aromatic carbocycles. The fourth-order valence-corrected chi connectivity index (χ4v) is 2.63. The molecule has 0 bridgehead atoms. The maximum absolute atomic E-state index is 12.1. The molecular formula is C13H14ClN3OS. The van der Waals surface area contributed by atoms with Gasteiger partial charge in [0, 0.05) is 16.8 Å². The van der Waals surface area contributed by atoms with E-state index in [1.807, 2.05) is 19.2 Å². The van der Waals surface area contributed by atoms with Gasteiger partial charge in [-0.1, -0.05) is 11.6 Å². The summed E-state index contributed by atoms with van der Waals surface area (Å²) in [6.07, 6.45) is 0. The van der Waals surface area contributed by atoms with Crippen molar-refractivity contribution in [1.29, 1.82) is 0 Å². The molecule has 0 spiro atoms. The van der Waals surface area contributed by atoms with E-state index >= 15 is 0 Å². The van der Waals surface area contributed by atoms with E-state index in [1.54, 1.807) is 18.2 Å². The highest BCUT2D eigenvalue weighted by Crippen LogP contribution is 2.21. The van der Waals surface area contributed by atoms with Crippen LogP contribution in [0.15, 0.2) is 23.6 Å². The molecule has 1 atom stereocenters. The molecule has 3 N–H and O–H groups in total. The van der Waals surface area contributed by atoms with Gasteiger partial charge in [-0.25, -0.2) is 4.98 Å². The Morgan fingerprint density at radius 3 is 2.89 bits per heavy atom. The maximum atomic E-state index is 12.1. The number of halogens is 1. The van der Waals surface area contributed by atoms with E-state index in [2.05, 4.69) is 10.3 Å². The minimum absolute atomic E-state index is 0.163. The predicted molar refractivity (Wildman–Crippen MR) is 78.6 cm³/mol. The molecule has 2 rings (SSSR count). The second-order valence-electron chi connectivity index (χ2n) is 4.26. The van der Waals surface area contributed by atoms with Gasteiger partial charge < -0.3 is 11.1 Å². The molecule has 0 saturated carbocycles. The number of carbonyl (C=O) groups excluding carboxylic acids is 1. The summed E-state index contributed by atoms with van der Waals surface area (Å²) in [6, 6.07) is 4.68. The van der Waals surface area contributed by atoms with Crippen LogP contribution < -0.4 is 11.1 Å². The Morgan fingerprint density at radius 2 is 2.26 bits per heavy atom. The van der Waals surface area contributed by atoms with Gasteiger partial charge in [0.05, 0.1) is 16.6 Å². The number of amides is 1. The molecular weight excluding hydrogens is 282 g/mol. The first kappa shape index (κ1) is 13.8. The number of rotatable bonds is 3. The predicted octanol–water partition coefficient (Wildman–Crippen LogP) is 3.18. The fraction of sp³-hybridized carbons (Fsp3) is 0.231. The van der Waals surface area contributed by atoms with Crippen LogP contribution in [0.25, 0.3) is 0 Å². The van der Waals surface area contributed by atoms with Gasteiger partial charge >= 0.3 is 0 Å². The highest BCUT2D eigenvalue weighted by molar-refractivity contribution is 7.09. The van der Waals surface area contributed by atoms with Gasteiger partial charge in [-0.15, -0.1) is 11.3 Å². The molecule has 1 aromatic heterocycles. The number of carbonyl (C=O) groups is 1. The second-order valence-corrected chi connectivity index (χ2v) is 5.56. The molecule has 0 radical (unpaired) electrons. The molecule has 6 heteroatoms. The van der Waals surface area contributed by atoms with Crippen molar-refractivity contribution in [2.75, 3.05) is 5.73 Å². The number of anilines is 1. The lowest BCUT2D eigenvalue weighted by Crippen LogP contribution is -2.27. The van der Waals surface area contributed by atoms with Gasteiger partial charge in [0.2, 0.25) is 0 Å². The minimum Gasteiger partial charge on any atom is -0.399 e. The Morgan fingerprint density at radius 1 is 1.53 bits per heavy atom. The van der Waals surface area contributed by atoms with Crippen molar-refractivity contribution in [1.82, 2.24) is 10.3 Å². The number of aromatic nitrogens is 1. The van der Waals surface area contributed by atoms with Gasteiger partial charge in [0.1, 0.15) is 5.01 Å². The first-order valence-electron chi connectivity index (χ1n) is 5.75. The van der Waals surface area contributed by atoms with Crippen molar-refractivity contribution in [2.45, 2.75) is 19.9 Å². The molecule has 2 aromatic rings. The zero-order valence-corrected chi connectivity index (χ0v) is 12.2. The lowest BCUT2D eigenvalue weighted by Gasteiger charge is -2.12. The van der Waals surface area contributed by atoms with Crippen molar-refractivity contribution >= 4 is 34.5 Å². The Hall–Kier alpha value is -1.59. The largest absolute Gasteiger partial charge is 0.399 e. The van der Waals surface area contributed by atoms with Crippen LogP contribution in [0.4, 0.5) is 5.69 Å². The molecule has 0 fully saturated rings. The number of nitrogens with two attached hydrogens (primary N) is 1. The van der Waals surface area contributed by atoms with Crippen LogP contribution in [0.2, 0.25) is 5.02 Å². The summed E-state index contributed by atoms with van der Waals surface area (Å²) in [7, 11) is 0. The maximum Gasteiger partial charge on any atom is 0.253 e. The van der Waals surface area contributed by atoms with Crippen molar-refractivity contribution in [3.8, 4) is 0 Å². The summed E-state index contributed by atoms with van der Waals surface area (Å²) >= 11 is 7.51. The molecule has 0 aliphatic heterocycles. The van der Waals surface area contributed by atoms with Crippen LogP contribution in [-0.4, -0.2) is 10.9 Å². The lowest BCUT2D eigenvalue weighted by atomic mass is 10.2. The van der Waals surface area contributed by atoms with E-state index in [-0.39, 0.29) is 11.9 Å². The quantitative estimate of drug-likeness (QED) is 0.855. The fourth-order valence-electron chi connectivity index (χ4n) is 1.62. The molecule has 4 nitrogen and oxygen atoms in total. The smallest absolute Gasteiger partial charge is 0.253 e. The van der Waals surface area contributed by atoms with Crippen LogP contribution >= 0.6 is 22.9 Å². The van der Waals surface area contributed by atoms with Gasteiger partial charge in [-0.05, 0) is 32.0 Å². The summed E-state index contributed by atoms with van der Waals surface area (Å²) in [6.45, 7) is 3.81. The van der Waals surface area contributed by atoms with E-state index in [4.69, 9.17) is 17.3 Å². The third kappa shape index (κ3) is 3.24. The Kier molecular flexibility index (Phi) is 4.07. The van der Waals surface area contributed by atoms with Crippen molar-refractivity contribution < 1.29 is 4.79 Å². The lowest BCUT2D eigenvalue weighted by molar-refractivity contribution is 0.0940. The average molecular weight is 296 g/mol. The number of hydrogen-bond donors (Lipinski definition) is 2. The molecule has 19 heavy (non-hydrogen) atoms. The standard InChI is InChI=1S/C13H14ClN3OS/c1-7-6-19-13(16-7)8(2)17-12(18)10-5-9(15)3-4-11(10)14/h3-6,8H,15H2,1-2H3,(H,17,18). The first-order valence-corrected chi connectivity index (χ1v) is 7.01. The van der Waals surface area contributed by atoms with Gasteiger partial charge in [-0.2, -0.15) is 0 Å². The zero-order valence-electron chi connectivity index (χ0n) is 10.6. The summed E-state index contributed by atoms with van der Waals surface area (Å²) in [5.74, 6) is -0.252. The molecule has 0 aliphatic rings. The van der Waals surface area contributed by atoms with E-state index in [9.17, 15) is 4.79 Å². The van der Waals surface area contributed by atoms with Crippen LogP contribution in [0.5, 0.6) is 0 Å². The molecule has 1 unspecified atom stereocenters. The minimum atomic E-state index is -0.252. The first-order chi connectivity index (χ1) is 8.97. The number of nitrogen functional groups attached to an aromatic ring is 1. The van der Waals surface area contributed by atoms with Crippen LogP contribution in [0.3, 0.4) is 0 Å². The summed E-state index contributed by atoms with van der Waals surface area (Å²) in [5, 5.41) is 6.06. The van der Waals surface area contributed by atoms with E-state index < -0.39 is 0 Å². The topological polar surface area (TPSA) is 68.0 Å². The van der Waals surface area contributed by atoms with Crippen molar-refractivity contribution in [3.05, 3.63) is 44.9 Å². The molecule has 1 heterocycles. The third-order valence-electron chi connectivity index (χ3n) is 2.59. The van der Waals surface area contributed by atoms with Crippen LogP contribution in [0.1, 0.15) is 34.0 Å². The number of nitrogens with one attached hydrogen (secondary N) is 1. The average Bonchev–Trinajstić information content (AvgIpc) is 2.79. The number of aryl methyl sites for hydroxylation is 1. The van der Waals surface area contributed by atoms with Crippen LogP contribution in [-0.2, 0) is 0 Å². The van der Waals surface area contributed by atoms with E-state index in [0.29, 0.717) is 16.3 Å². The highest BCUT2D eigenvalue weighted by atomic mass is 35.5. The summed E-state index contributed by atoms with van der Waals surface area (Å²) in [4.78, 5) is 16.5.